The van der Waals surface area contributed by atoms with Crippen LogP contribution in [0.25, 0.3) is 55.0 Å². The molecule has 0 spiro atoms. The summed E-state index contributed by atoms with van der Waals surface area (Å²) in [6, 6.07) is 35.6. The fourth-order valence-electron chi connectivity index (χ4n) is 6.55. The molecule has 0 radical (unpaired) electrons. The van der Waals surface area contributed by atoms with E-state index in [1.54, 1.807) is 0 Å². The second kappa shape index (κ2) is 9.87. The van der Waals surface area contributed by atoms with Crippen LogP contribution in [0.5, 0.6) is 0 Å². The smallest absolute Gasteiger partial charge is 0.0541 e. The Morgan fingerprint density at radius 3 is 2.17 bits per heavy atom. The topological polar surface area (TPSA) is 4.93 Å². The number of aromatic nitrogens is 1. The Morgan fingerprint density at radius 1 is 0.634 bits per heavy atom. The van der Waals surface area contributed by atoms with Gasteiger partial charge in [-0.2, -0.15) is 0 Å². The van der Waals surface area contributed by atoms with Gasteiger partial charge < -0.3 is 4.57 Å². The maximum Gasteiger partial charge on any atom is 0.0541 e. The molecule has 0 N–H and O–H groups in total. The number of nitrogens with zero attached hydrogens (tertiary/aromatic N) is 1. The Kier molecular flexibility index (Phi) is 5.98. The van der Waals surface area contributed by atoms with Gasteiger partial charge in [0.15, 0.2) is 0 Å². The lowest BCUT2D eigenvalue weighted by atomic mass is 9.81. The molecule has 0 saturated carbocycles. The summed E-state index contributed by atoms with van der Waals surface area (Å²) >= 11 is 7.43. The Hall–Kier alpha value is -3.92. The number of allylic oxidation sites excluding steroid dienone is 8. The summed E-state index contributed by atoms with van der Waals surface area (Å²) in [5, 5.41) is 4.98. The summed E-state index contributed by atoms with van der Waals surface area (Å²) in [6.07, 6.45) is 14.7. The molecule has 1 nitrogen and oxygen atoms in total. The van der Waals surface area contributed by atoms with Crippen molar-refractivity contribution in [2.24, 2.45) is 5.92 Å². The molecule has 5 aromatic carbocycles. The average molecular weight is 655 g/mol. The van der Waals surface area contributed by atoms with Gasteiger partial charge in [0.1, 0.15) is 0 Å². The van der Waals surface area contributed by atoms with Crippen molar-refractivity contribution in [3.8, 4) is 16.8 Å². The van der Waals surface area contributed by atoms with E-state index in [0.29, 0.717) is 5.92 Å². The van der Waals surface area contributed by atoms with Crippen LogP contribution in [0.15, 0.2) is 148 Å². The number of fused-ring (bicyclic) bond motifs is 5. The Morgan fingerprint density at radius 2 is 1.37 bits per heavy atom. The molecule has 1 aromatic heterocycles. The molecule has 3 heteroatoms. The zero-order valence-electron chi connectivity index (χ0n) is 22.2. The monoisotopic (exact) mass is 653 g/mol. The molecule has 0 aliphatic heterocycles. The van der Waals surface area contributed by atoms with Crippen molar-refractivity contribution in [2.75, 3.05) is 0 Å². The Bertz CT molecular complexity index is 2090. The van der Waals surface area contributed by atoms with E-state index >= 15 is 0 Å². The van der Waals surface area contributed by atoms with Crippen LogP contribution in [0.2, 0.25) is 0 Å². The first-order valence-corrected chi connectivity index (χ1v) is 15.5. The molecule has 2 aliphatic carbocycles. The van der Waals surface area contributed by atoms with E-state index in [1.807, 2.05) is 0 Å². The maximum atomic E-state index is 3.72. The van der Waals surface area contributed by atoms with Crippen LogP contribution in [0.4, 0.5) is 0 Å². The second-order valence-corrected chi connectivity index (χ2v) is 12.6. The van der Waals surface area contributed by atoms with E-state index < -0.39 is 0 Å². The molecule has 6 aromatic rings. The number of hydrogen-bond donors (Lipinski definition) is 0. The molecule has 1 unspecified atom stereocenters. The molecule has 8 rings (SSSR count). The lowest BCUT2D eigenvalue weighted by molar-refractivity contribution is 0.784. The lowest BCUT2D eigenvalue weighted by Gasteiger charge is -2.24. The summed E-state index contributed by atoms with van der Waals surface area (Å²) < 4.78 is 4.58. The first-order valence-electron chi connectivity index (χ1n) is 13.9. The minimum Gasteiger partial charge on any atom is -0.309 e. The van der Waals surface area contributed by atoms with E-state index in [1.165, 1.54) is 60.4 Å². The van der Waals surface area contributed by atoms with Crippen molar-refractivity contribution in [3.05, 3.63) is 154 Å². The number of hydrogen-bond acceptors (Lipinski definition) is 0. The summed E-state index contributed by atoms with van der Waals surface area (Å²) in [5.74, 6) is 0.424. The van der Waals surface area contributed by atoms with Crippen molar-refractivity contribution >= 4 is 70.0 Å². The van der Waals surface area contributed by atoms with Gasteiger partial charge in [-0.3, -0.25) is 0 Å². The predicted molar refractivity (Wildman–Crippen MR) is 182 cm³/mol. The van der Waals surface area contributed by atoms with Gasteiger partial charge in [-0.1, -0.05) is 111 Å². The number of halogens is 2. The van der Waals surface area contributed by atoms with Gasteiger partial charge >= 0.3 is 0 Å². The first-order chi connectivity index (χ1) is 20.1. The molecule has 0 bridgehead atoms. The molecule has 0 amide bonds. The fourth-order valence-corrected chi connectivity index (χ4v) is 7.27. The van der Waals surface area contributed by atoms with E-state index in [9.17, 15) is 0 Å². The number of benzene rings is 5. The van der Waals surface area contributed by atoms with Crippen molar-refractivity contribution in [1.82, 2.24) is 4.57 Å². The quantitative estimate of drug-likeness (QED) is 0.179. The van der Waals surface area contributed by atoms with Gasteiger partial charge in [0.2, 0.25) is 0 Å². The molecular formula is C38H25Br2N. The fraction of sp³-hybridized carbons (Fsp3) is 0.0526. The first kappa shape index (κ1) is 24.8. The minimum atomic E-state index is 0.424. The molecule has 1 atom stereocenters. The van der Waals surface area contributed by atoms with Gasteiger partial charge in [-0.05, 0) is 99.6 Å². The van der Waals surface area contributed by atoms with E-state index in [-0.39, 0.29) is 0 Å². The van der Waals surface area contributed by atoms with Crippen LogP contribution in [0.1, 0.15) is 12.0 Å². The highest BCUT2D eigenvalue weighted by Gasteiger charge is 2.21. The molecule has 41 heavy (non-hydrogen) atoms. The summed E-state index contributed by atoms with van der Waals surface area (Å²) in [6.45, 7) is 0. The molecule has 0 fully saturated rings. The van der Waals surface area contributed by atoms with Crippen molar-refractivity contribution in [3.63, 3.8) is 0 Å². The van der Waals surface area contributed by atoms with Gasteiger partial charge in [0.05, 0.1) is 11.0 Å². The van der Waals surface area contributed by atoms with E-state index in [0.717, 1.165) is 21.1 Å². The molecule has 2 aliphatic rings. The van der Waals surface area contributed by atoms with Crippen molar-refractivity contribution in [2.45, 2.75) is 6.42 Å². The van der Waals surface area contributed by atoms with E-state index in [4.69, 9.17) is 0 Å². The van der Waals surface area contributed by atoms with Crippen molar-refractivity contribution < 1.29 is 0 Å². The van der Waals surface area contributed by atoms with Gasteiger partial charge in [-0.15, -0.1) is 0 Å². The molecule has 1 heterocycles. The van der Waals surface area contributed by atoms with Crippen LogP contribution in [-0.4, -0.2) is 4.57 Å². The van der Waals surface area contributed by atoms with Crippen LogP contribution in [0, 0.1) is 5.92 Å². The Labute approximate surface area is 256 Å². The third-order valence-electron chi connectivity index (χ3n) is 8.39. The van der Waals surface area contributed by atoms with E-state index in [2.05, 4.69) is 170 Å². The van der Waals surface area contributed by atoms with Gasteiger partial charge in [-0.25, -0.2) is 0 Å². The highest BCUT2D eigenvalue weighted by molar-refractivity contribution is 9.10. The van der Waals surface area contributed by atoms with Crippen LogP contribution in [0.3, 0.4) is 0 Å². The summed E-state index contributed by atoms with van der Waals surface area (Å²) in [4.78, 5) is 0. The molecule has 0 saturated heterocycles. The highest BCUT2D eigenvalue weighted by Crippen LogP contribution is 2.41. The standard InChI is InChI=1S/C38H25Br2N/c39-28-15-17-37-35(22-28)36-23-29(40)16-18-38(36)41(37)30-20-26(33-13-5-9-24-7-1-3-11-31(24)33)19-27(21-30)34-14-6-10-25-8-2-4-12-32(25)34/h1-9,11-23,25H,10H2. The molecule has 196 valence electrons. The van der Waals surface area contributed by atoms with Crippen LogP contribution < -0.4 is 0 Å². The summed E-state index contributed by atoms with van der Waals surface area (Å²) in [7, 11) is 0. The Balaban J connectivity index is 1.47. The number of rotatable bonds is 3. The minimum absolute atomic E-state index is 0.424. The highest BCUT2D eigenvalue weighted by atomic mass is 79.9. The molecular weight excluding hydrogens is 630 g/mol. The SMILES string of the molecule is Brc1ccc2c(c1)c1cc(Br)ccc1n2-c1cc(C2=C3C=CC=CC3CC=C2)cc(-c2cccc3ccccc23)c1. The predicted octanol–water partition coefficient (Wildman–Crippen LogP) is 11.6. The third-order valence-corrected chi connectivity index (χ3v) is 9.38. The second-order valence-electron chi connectivity index (χ2n) is 10.8. The van der Waals surface area contributed by atoms with Crippen LogP contribution >= 0.6 is 31.9 Å². The normalized spacial score (nSPS) is 16.3. The zero-order valence-corrected chi connectivity index (χ0v) is 25.4. The average Bonchev–Trinajstić information content (AvgIpc) is 3.33. The largest absolute Gasteiger partial charge is 0.309 e. The van der Waals surface area contributed by atoms with Crippen molar-refractivity contribution in [1.29, 1.82) is 0 Å². The van der Waals surface area contributed by atoms with Gasteiger partial charge in [0.25, 0.3) is 0 Å². The van der Waals surface area contributed by atoms with Crippen LogP contribution in [-0.2, 0) is 0 Å². The lowest BCUT2D eigenvalue weighted by Crippen LogP contribution is -2.07. The maximum absolute atomic E-state index is 3.72. The third kappa shape index (κ3) is 4.18. The summed E-state index contributed by atoms with van der Waals surface area (Å²) in [5.41, 5.74) is 9.95. The zero-order chi connectivity index (χ0) is 27.5. The van der Waals surface area contributed by atoms with Gasteiger partial charge in [0, 0.05) is 31.3 Å².